The van der Waals surface area contributed by atoms with Gasteiger partial charge in [-0.1, -0.05) is 19.3 Å². The normalized spacial score (nSPS) is 24.5. The predicted molar refractivity (Wildman–Crippen MR) is 64.3 cm³/mol. The van der Waals surface area contributed by atoms with Gasteiger partial charge in [0, 0.05) is 37.4 Å². The first kappa shape index (κ1) is 10.3. The standard InChI is InChI=1S/C13H21N3/c1-2-4-11(5-3-1)8-16-9-12(10-16)13-6-7-14-15-13/h6-7,11-12H,1-5,8-10H2,(H,14,15). The summed E-state index contributed by atoms with van der Waals surface area (Å²) in [7, 11) is 0. The van der Waals surface area contributed by atoms with Gasteiger partial charge in [0.05, 0.1) is 0 Å². The zero-order chi connectivity index (χ0) is 10.8. The molecule has 2 fully saturated rings. The van der Waals surface area contributed by atoms with E-state index in [0.717, 1.165) is 5.92 Å². The van der Waals surface area contributed by atoms with Crippen molar-refractivity contribution in [1.82, 2.24) is 15.1 Å². The zero-order valence-corrected chi connectivity index (χ0v) is 9.86. The van der Waals surface area contributed by atoms with Gasteiger partial charge in [0.15, 0.2) is 0 Å². The predicted octanol–water partition coefficient (Wildman–Crippen LogP) is 2.39. The van der Waals surface area contributed by atoms with E-state index < -0.39 is 0 Å². The average molecular weight is 219 g/mol. The number of aromatic amines is 1. The van der Waals surface area contributed by atoms with E-state index in [4.69, 9.17) is 0 Å². The van der Waals surface area contributed by atoms with E-state index in [1.165, 1.54) is 57.4 Å². The van der Waals surface area contributed by atoms with Crippen molar-refractivity contribution in [1.29, 1.82) is 0 Å². The van der Waals surface area contributed by atoms with Crippen LogP contribution in [0.5, 0.6) is 0 Å². The lowest BCUT2D eigenvalue weighted by Gasteiger charge is -2.41. The van der Waals surface area contributed by atoms with Gasteiger partial charge in [-0.25, -0.2) is 0 Å². The number of nitrogens with zero attached hydrogens (tertiary/aromatic N) is 2. The Morgan fingerprint density at radius 3 is 2.75 bits per heavy atom. The molecule has 1 saturated heterocycles. The van der Waals surface area contributed by atoms with Crippen molar-refractivity contribution in [3.05, 3.63) is 18.0 Å². The van der Waals surface area contributed by atoms with Crippen LogP contribution in [0.15, 0.2) is 12.3 Å². The summed E-state index contributed by atoms with van der Waals surface area (Å²) < 4.78 is 0. The summed E-state index contributed by atoms with van der Waals surface area (Å²) in [5.41, 5.74) is 1.32. The Bertz CT molecular complexity index is 308. The summed E-state index contributed by atoms with van der Waals surface area (Å²) >= 11 is 0. The summed E-state index contributed by atoms with van der Waals surface area (Å²) in [6.45, 7) is 3.81. The van der Waals surface area contributed by atoms with Crippen LogP contribution in [0.1, 0.15) is 43.7 Å². The third-order valence-corrected chi connectivity index (χ3v) is 4.16. The van der Waals surface area contributed by atoms with Crippen molar-refractivity contribution in [3.8, 4) is 0 Å². The molecule has 1 aliphatic heterocycles. The third-order valence-electron chi connectivity index (χ3n) is 4.16. The largest absolute Gasteiger partial charge is 0.302 e. The van der Waals surface area contributed by atoms with Crippen LogP contribution < -0.4 is 0 Å². The quantitative estimate of drug-likeness (QED) is 0.846. The fourth-order valence-electron chi connectivity index (χ4n) is 3.14. The third kappa shape index (κ3) is 2.14. The molecule has 0 bridgehead atoms. The fourth-order valence-corrected chi connectivity index (χ4v) is 3.14. The van der Waals surface area contributed by atoms with E-state index in [-0.39, 0.29) is 0 Å². The van der Waals surface area contributed by atoms with Crippen LogP contribution in [0.25, 0.3) is 0 Å². The van der Waals surface area contributed by atoms with E-state index in [1.807, 2.05) is 6.20 Å². The molecule has 0 spiro atoms. The molecule has 88 valence electrons. The molecule has 2 heterocycles. The van der Waals surface area contributed by atoms with E-state index in [9.17, 15) is 0 Å². The van der Waals surface area contributed by atoms with Gasteiger partial charge in [0.25, 0.3) is 0 Å². The van der Waals surface area contributed by atoms with Gasteiger partial charge in [-0.15, -0.1) is 0 Å². The Morgan fingerprint density at radius 2 is 2.06 bits per heavy atom. The number of aromatic nitrogens is 2. The second kappa shape index (κ2) is 4.58. The topological polar surface area (TPSA) is 31.9 Å². The molecule has 0 amide bonds. The van der Waals surface area contributed by atoms with Gasteiger partial charge in [0.1, 0.15) is 0 Å². The molecule has 0 radical (unpaired) electrons. The van der Waals surface area contributed by atoms with Crippen molar-refractivity contribution in [2.24, 2.45) is 5.92 Å². The van der Waals surface area contributed by atoms with E-state index >= 15 is 0 Å². The summed E-state index contributed by atoms with van der Waals surface area (Å²) in [4.78, 5) is 2.61. The van der Waals surface area contributed by atoms with Crippen LogP contribution in [0.3, 0.4) is 0 Å². The second-order valence-electron chi connectivity index (χ2n) is 5.43. The Balaban J connectivity index is 1.43. The van der Waals surface area contributed by atoms with Gasteiger partial charge in [0.2, 0.25) is 0 Å². The number of hydrogen-bond donors (Lipinski definition) is 1. The van der Waals surface area contributed by atoms with Gasteiger partial charge < -0.3 is 4.90 Å². The van der Waals surface area contributed by atoms with Crippen LogP contribution in [0.2, 0.25) is 0 Å². The minimum Gasteiger partial charge on any atom is -0.302 e. The van der Waals surface area contributed by atoms with E-state index in [2.05, 4.69) is 21.2 Å². The maximum Gasteiger partial charge on any atom is 0.0490 e. The molecule has 3 nitrogen and oxygen atoms in total. The smallest absolute Gasteiger partial charge is 0.0490 e. The van der Waals surface area contributed by atoms with E-state index in [0.29, 0.717) is 5.92 Å². The van der Waals surface area contributed by atoms with Crippen LogP contribution in [0, 0.1) is 5.92 Å². The number of rotatable bonds is 3. The molecule has 0 atom stereocenters. The number of likely N-dealkylation sites (tertiary alicyclic amines) is 1. The van der Waals surface area contributed by atoms with Crippen molar-refractivity contribution < 1.29 is 0 Å². The number of H-pyrrole nitrogens is 1. The molecule has 1 aromatic rings. The first-order valence-electron chi connectivity index (χ1n) is 6.63. The van der Waals surface area contributed by atoms with Crippen LogP contribution in [0.4, 0.5) is 0 Å². The van der Waals surface area contributed by atoms with Crippen LogP contribution in [-0.4, -0.2) is 34.7 Å². The van der Waals surface area contributed by atoms with Gasteiger partial charge in [-0.2, -0.15) is 5.10 Å². The molecule has 0 aromatic carbocycles. The minimum absolute atomic E-state index is 0.714. The molecular formula is C13H21N3. The van der Waals surface area contributed by atoms with Crippen molar-refractivity contribution in [2.75, 3.05) is 19.6 Å². The molecule has 3 rings (SSSR count). The monoisotopic (exact) mass is 219 g/mol. The Kier molecular flexibility index (Phi) is 2.96. The fraction of sp³-hybridized carbons (Fsp3) is 0.769. The first-order valence-corrected chi connectivity index (χ1v) is 6.63. The number of nitrogens with one attached hydrogen (secondary N) is 1. The Morgan fingerprint density at radius 1 is 1.25 bits per heavy atom. The average Bonchev–Trinajstić information content (AvgIpc) is 2.77. The molecule has 0 unspecified atom stereocenters. The first-order chi connectivity index (χ1) is 7.92. The molecule has 2 aliphatic rings. The molecule has 1 aliphatic carbocycles. The molecule has 1 saturated carbocycles. The van der Waals surface area contributed by atoms with Gasteiger partial charge in [-0.3, -0.25) is 5.10 Å². The molecule has 3 heteroatoms. The number of hydrogen-bond acceptors (Lipinski definition) is 2. The molecule has 1 N–H and O–H groups in total. The van der Waals surface area contributed by atoms with Crippen molar-refractivity contribution >= 4 is 0 Å². The molecule has 1 aromatic heterocycles. The van der Waals surface area contributed by atoms with Gasteiger partial charge >= 0.3 is 0 Å². The minimum atomic E-state index is 0.714. The molecule has 16 heavy (non-hydrogen) atoms. The Hall–Kier alpha value is -0.830. The van der Waals surface area contributed by atoms with Gasteiger partial charge in [-0.05, 0) is 24.8 Å². The van der Waals surface area contributed by atoms with E-state index in [1.54, 1.807) is 0 Å². The molecular weight excluding hydrogens is 198 g/mol. The summed E-state index contributed by atoms with van der Waals surface area (Å²) in [5, 5.41) is 7.11. The summed E-state index contributed by atoms with van der Waals surface area (Å²) in [6, 6.07) is 2.11. The lowest BCUT2D eigenvalue weighted by Crippen LogP contribution is -2.47. The maximum atomic E-state index is 4.02. The summed E-state index contributed by atoms with van der Waals surface area (Å²) in [6.07, 6.45) is 9.17. The van der Waals surface area contributed by atoms with Crippen LogP contribution >= 0.6 is 0 Å². The van der Waals surface area contributed by atoms with Crippen LogP contribution in [-0.2, 0) is 0 Å². The summed E-state index contributed by atoms with van der Waals surface area (Å²) in [5.74, 6) is 1.70. The lowest BCUT2D eigenvalue weighted by atomic mass is 9.87. The lowest BCUT2D eigenvalue weighted by molar-refractivity contribution is 0.109. The van der Waals surface area contributed by atoms with Crippen molar-refractivity contribution in [3.63, 3.8) is 0 Å². The highest BCUT2D eigenvalue weighted by atomic mass is 15.2. The highest BCUT2D eigenvalue weighted by Crippen LogP contribution is 2.30. The SMILES string of the molecule is c1cc(C2CN(CC3CCCCC3)C2)[nH]n1. The second-order valence-corrected chi connectivity index (χ2v) is 5.43. The highest BCUT2D eigenvalue weighted by Gasteiger charge is 2.30. The highest BCUT2D eigenvalue weighted by molar-refractivity contribution is 5.11. The van der Waals surface area contributed by atoms with Crippen molar-refractivity contribution in [2.45, 2.75) is 38.0 Å². The zero-order valence-electron chi connectivity index (χ0n) is 9.86. The Labute approximate surface area is 97.2 Å². The maximum absolute atomic E-state index is 4.02.